The smallest absolute Gasteiger partial charge is 0.306 e. The molecule has 23 heavy (non-hydrogen) atoms. The summed E-state index contributed by atoms with van der Waals surface area (Å²) in [5.74, 6) is -1.32. The van der Waals surface area contributed by atoms with Crippen LogP contribution in [-0.4, -0.2) is 41.5 Å². The van der Waals surface area contributed by atoms with Crippen molar-refractivity contribution in [3.63, 3.8) is 0 Å². The van der Waals surface area contributed by atoms with Gasteiger partial charge in [0.25, 0.3) is 0 Å². The molecule has 2 rings (SSSR count). The SMILES string of the molecule is COC1CCC(CC(O)C(N)Cc2ccccc2)C(C(=O)O)C1. The lowest BCUT2D eigenvalue weighted by atomic mass is 9.74. The standard InChI is InChI=1S/C18H27NO4/c1-23-14-8-7-13(15(11-14)18(21)22)10-17(20)16(19)9-12-5-3-2-4-6-12/h2-6,13-17,20H,7-11,19H2,1H3,(H,21,22). The minimum Gasteiger partial charge on any atom is -0.481 e. The summed E-state index contributed by atoms with van der Waals surface area (Å²) in [5.41, 5.74) is 7.20. The maximum atomic E-state index is 11.5. The Hall–Kier alpha value is -1.43. The summed E-state index contributed by atoms with van der Waals surface area (Å²) >= 11 is 0. The highest BCUT2D eigenvalue weighted by atomic mass is 16.5. The minimum absolute atomic E-state index is 0.00230. The number of nitrogens with two attached hydrogens (primary N) is 1. The van der Waals surface area contributed by atoms with Crippen LogP contribution in [0.3, 0.4) is 0 Å². The van der Waals surface area contributed by atoms with Crippen LogP contribution in [-0.2, 0) is 16.0 Å². The molecule has 1 aromatic carbocycles. The molecule has 0 spiro atoms. The highest BCUT2D eigenvalue weighted by Gasteiger charge is 2.37. The summed E-state index contributed by atoms with van der Waals surface area (Å²) in [7, 11) is 1.62. The number of aliphatic hydroxyl groups excluding tert-OH is 1. The largest absolute Gasteiger partial charge is 0.481 e. The van der Waals surface area contributed by atoms with Gasteiger partial charge < -0.3 is 20.7 Å². The highest BCUT2D eigenvalue weighted by molar-refractivity contribution is 5.70. The van der Waals surface area contributed by atoms with Gasteiger partial charge in [-0.25, -0.2) is 0 Å². The van der Waals surface area contributed by atoms with Gasteiger partial charge >= 0.3 is 5.97 Å². The van der Waals surface area contributed by atoms with Gasteiger partial charge in [-0.15, -0.1) is 0 Å². The van der Waals surface area contributed by atoms with Gasteiger partial charge in [-0.05, 0) is 43.6 Å². The molecule has 0 saturated heterocycles. The predicted molar refractivity (Wildman–Crippen MR) is 88.0 cm³/mol. The molecule has 0 aliphatic heterocycles. The minimum atomic E-state index is -0.805. The van der Waals surface area contributed by atoms with Crippen LogP contribution in [0.4, 0.5) is 0 Å². The Kier molecular flexibility index (Phi) is 6.57. The number of aliphatic carboxylic acids is 1. The van der Waals surface area contributed by atoms with Crippen LogP contribution in [0.15, 0.2) is 30.3 Å². The number of methoxy groups -OCH3 is 1. The lowest BCUT2D eigenvalue weighted by Gasteiger charge is -2.35. The molecule has 0 amide bonds. The normalized spacial score (nSPS) is 27.3. The first-order valence-corrected chi connectivity index (χ1v) is 8.24. The number of ether oxygens (including phenoxy) is 1. The molecule has 5 heteroatoms. The summed E-state index contributed by atoms with van der Waals surface area (Å²) in [6, 6.07) is 9.42. The molecule has 1 aliphatic rings. The van der Waals surface area contributed by atoms with Gasteiger partial charge in [0.1, 0.15) is 0 Å². The van der Waals surface area contributed by atoms with Crippen molar-refractivity contribution in [1.82, 2.24) is 0 Å². The molecule has 128 valence electrons. The van der Waals surface area contributed by atoms with E-state index in [1.165, 1.54) is 0 Å². The molecule has 1 aromatic rings. The van der Waals surface area contributed by atoms with E-state index in [-0.39, 0.29) is 18.1 Å². The molecule has 0 radical (unpaired) electrons. The van der Waals surface area contributed by atoms with Crippen molar-refractivity contribution in [2.24, 2.45) is 17.6 Å². The van der Waals surface area contributed by atoms with Gasteiger partial charge in [-0.1, -0.05) is 30.3 Å². The Morgan fingerprint density at radius 1 is 1.35 bits per heavy atom. The Morgan fingerprint density at radius 3 is 2.65 bits per heavy atom. The van der Waals surface area contributed by atoms with Crippen LogP contribution in [0.1, 0.15) is 31.2 Å². The maximum absolute atomic E-state index is 11.5. The quantitative estimate of drug-likeness (QED) is 0.712. The van der Waals surface area contributed by atoms with Gasteiger partial charge in [-0.2, -0.15) is 0 Å². The fourth-order valence-corrected chi connectivity index (χ4v) is 3.50. The first-order valence-electron chi connectivity index (χ1n) is 8.24. The molecule has 5 unspecified atom stereocenters. The average molecular weight is 321 g/mol. The number of carbonyl (C=O) groups is 1. The molecule has 1 fully saturated rings. The van der Waals surface area contributed by atoms with E-state index in [9.17, 15) is 15.0 Å². The van der Waals surface area contributed by atoms with Crippen LogP contribution >= 0.6 is 0 Å². The molecule has 0 heterocycles. The summed E-state index contributed by atoms with van der Waals surface area (Å²) in [6.07, 6.45) is 2.44. The second-order valence-electron chi connectivity index (χ2n) is 6.53. The van der Waals surface area contributed by atoms with Crippen molar-refractivity contribution in [2.75, 3.05) is 7.11 Å². The molecule has 0 bridgehead atoms. The van der Waals surface area contributed by atoms with E-state index in [4.69, 9.17) is 10.5 Å². The van der Waals surface area contributed by atoms with Crippen molar-refractivity contribution < 1.29 is 19.7 Å². The maximum Gasteiger partial charge on any atom is 0.306 e. The van der Waals surface area contributed by atoms with Gasteiger partial charge in [0, 0.05) is 13.2 Å². The average Bonchev–Trinajstić information content (AvgIpc) is 2.55. The highest BCUT2D eigenvalue weighted by Crippen LogP contribution is 2.35. The predicted octanol–water partition coefficient (Wildman–Crippen LogP) is 1.82. The monoisotopic (exact) mass is 321 g/mol. The van der Waals surface area contributed by atoms with Crippen LogP contribution in [0.2, 0.25) is 0 Å². The van der Waals surface area contributed by atoms with Crippen LogP contribution in [0.25, 0.3) is 0 Å². The molecule has 5 nitrogen and oxygen atoms in total. The number of benzene rings is 1. The molecule has 4 N–H and O–H groups in total. The fourth-order valence-electron chi connectivity index (χ4n) is 3.50. The molecule has 5 atom stereocenters. The van der Waals surface area contributed by atoms with Gasteiger partial charge in [0.2, 0.25) is 0 Å². The Morgan fingerprint density at radius 2 is 2.04 bits per heavy atom. The summed E-state index contributed by atoms with van der Waals surface area (Å²) < 4.78 is 5.30. The first-order chi connectivity index (χ1) is 11.0. The van der Waals surface area contributed by atoms with Crippen molar-refractivity contribution in [1.29, 1.82) is 0 Å². The van der Waals surface area contributed by atoms with E-state index in [1.807, 2.05) is 30.3 Å². The third-order valence-corrected chi connectivity index (χ3v) is 4.95. The number of carboxylic acid groups (broad SMARTS) is 1. The zero-order chi connectivity index (χ0) is 16.8. The Bertz CT molecular complexity index is 493. The number of hydrogen-bond acceptors (Lipinski definition) is 4. The van der Waals surface area contributed by atoms with E-state index in [0.29, 0.717) is 19.3 Å². The number of carboxylic acids is 1. The summed E-state index contributed by atoms with van der Waals surface area (Å²) in [6.45, 7) is 0. The lowest BCUT2D eigenvalue weighted by molar-refractivity contribution is -0.147. The Balaban J connectivity index is 1.92. The Labute approximate surface area is 137 Å². The van der Waals surface area contributed by atoms with Crippen molar-refractivity contribution in [2.45, 2.75) is 50.4 Å². The van der Waals surface area contributed by atoms with E-state index < -0.39 is 18.0 Å². The third-order valence-electron chi connectivity index (χ3n) is 4.95. The van der Waals surface area contributed by atoms with Crippen molar-refractivity contribution in [3.05, 3.63) is 35.9 Å². The number of aliphatic hydroxyl groups is 1. The van der Waals surface area contributed by atoms with Gasteiger partial charge in [0.15, 0.2) is 0 Å². The van der Waals surface area contributed by atoms with E-state index in [2.05, 4.69) is 0 Å². The van der Waals surface area contributed by atoms with Crippen LogP contribution in [0.5, 0.6) is 0 Å². The first kappa shape index (κ1) is 17.9. The number of rotatable bonds is 7. The van der Waals surface area contributed by atoms with Crippen molar-refractivity contribution >= 4 is 5.97 Å². The zero-order valence-electron chi connectivity index (χ0n) is 13.6. The van der Waals surface area contributed by atoms with E-state index >= 15 is 0 Å². The topological polar surface area (TPSA) is 92.8 Å². The van der Waals surface area contributed by atoms with E-state index in [1.54, 1.807) is 7.11 Å². The zero-order valence-corrected chi connectivity index (χ0v) is 13.6. The van der Waals surface area contributed by atoms with Crippen LogP contribution in [0, 0.1) is 11.8 Å². The number of hydrogen-bond donors (Lipinski definition) is 3. The fraction of sp³-hybridized carbons (Fsp3) is 0.611. The lowest BCUT2D eigenvalue weighted by Crippen LogP contribution is -2.41. The van der Waals surface area contributed by atoms with Gasteiger partial charge in [-0.3, -0.25) is 4.79 Å². The molecule has 0 aromatic heterocycles. The molecule has 1 aliphatic carbocycles. The second kappa shape index (κ2) is 8.43. The van der Waals surface area contributed by atoms with Crippen molar-refractivity contribution in [3.8, 4) is 0 Å². The van der Waals surface area contributed by atoms with Crippen LogP contribution < -0.4 is 5.73 Å². The molecular weight excluding hydrogens is 294 g/mol. The third kappa shape index (κ3) is 5.03. The van der Waals surface area contributed by atoms with Gasteiger partial charge in [0.05, 0.1) is 18.1 Å². The molecular formula is C18H27NO4. The summed E-state index contributed by atoms with van der Waals surface area (Å²) in [5, 5.41) is 19.8. The summed E-state index contributed by atoms with van der Waals surface area (Å²) in [4.78, 5) is 11.5. The molecule has 1 saturated carbocycles. The second-order valence-corrected chi connectivity index (χ2v) is 6.53. The van der Waals surface area contributed by atoms with E-state index in [0.717, 1.165) is 18.4 Å².